The van der Waals surface area contributed by atoms with E-state index in [4.69, 9.17) is 22.9 Å². The van der Waals surface area contributed by atoms with E-state index in [2.05, 4.69) is 16.0 Å². The van der Waals surface area contributed by atoms with Crippen molar-refractivity contribution in [1.82, 2.24) is 16.0 Å². The average molecular weight is 550 g/mol. The van der Waals surface area contributed by atoms with Crippen LogP contribution in [0.5, 0.6) is 0 Å². The third-order valence-electron chi connectivity index (χ3n) is 6.09. The van der Waals surface area contributed by atoms with E-state index in [0.717, 1.165) is 5.56 Å². The molecule has 0 saturated heterocycles. The molecule has 39 heavy (non-hydrogen) atoms. The monoisotopic (exact) mass is 549 g/mol. The van der Waals surface area contributed by atoms with Crippen molar-refractivity contribution in [3.05, 3.63) is 35.9 Å². The molecule has 218 valence electrons. The number of benzene rings is 1. The van der Waals surface area contributed by atoms with Crippen LogP contribution >= 0.6 is 0 Å². The number of nitrogens with two attached hydrogens (primary N) is 4. The van der Waals surface area contributed by atoms with Gasteiger partial charge in [0.25, 0.3) is 0 Å². The van der Waals surface area contributed by atoms with Gasteiger partial charge in [-0.2, -0.15) is 0 Å². The molecule has 0 aliphatic heterocycles. The Kier molecular flexibility index (Phi) is 16.0. The molecule has 4 unspecified atom stereocenters. The van der Waals surface area contributed by atoms with Crippen LogP contribution in [0.15, 0.2) is 30.3 Å². The number of hydrogen-bond donors (Lipinski definition) is 8. The summed E-state index contributed by atoms with van der Waals surface area (Å²) < 4.78 is 0. The highest BCUT2D eigenvalue weighted by atomic mass is 16.4. The molecule has 0 aliphatic carbocycles. The molecule has 13 heteroatoms. The topological polar surface area (TPSA) is 246 Å². The number of amides is 4. The minimum atomic E-state index is -1.26. The first-order valence-electron chi connectivity index (χ1n) is 13.2. The number of hydrogen-bond acceptors (Lipinski definition) is 8. The maximum Gasteiger partial charge on any atom is 0.326 e. The van der Waals surface area contributed by atoms with Crippen LogP contribution in [0.25, 0.3) is 0 Å². The molecule has 4 atom stereocenters. The molecule has 1 aromatic rings. The molecule has 0 heterocycles. The standard InChI is InChI=1S/C26H43N7O6/c27-14-6-4-10-19(31-23(35)18(29)16-17-8-2-1-3-9-17)24(36)32-20(12-13-22(30)34)25(37)33-21(26(38)39)11-5-7-15-28/h1-3,8-9,18-21H,4-7,10-16,27-29H2,(H2,30,34)(H,31,35)(H,32,36)(H,33,37)(H,38,39). The highest BCUT2D eigenvalue weighted by molar-refractivity contribution is 5.94. The van der Waals surface area contributed by atoms with Crippen molar-refractivity contribution in [3.8, 4) is 0 Å². The van der Waals surface area contributed by atoms with Crippen LogP contribution in [0.3, 0.4) is 0 Å². The maximum atomic E-state index is 13.2. The lowest BCUT2D eigenvalue weighted by Crippen LogP contribution is -2.57. The summed E-state index contributed by atoms with van der Waals surface area (Å²) >= 11 is 0. The molecule has 0 radical (unpaired) electrons. The van der Waals surface area contributed by atoms with Gasteiger partial charge < -0.3 is 44.0 Å². The van der Waals surface area contributed by atoms with Crippen LogP contribution in [0.4, 0.5) is 0 Å². The lowest BCUT2D eigenvalue weighted by Gasteiger charge is -2.25. The summed E-state index contributed by atoms with van der Waals surface area (Å²) in [4.78, 5) is 62.0. The summed E-state index contributed by atoms with van der Waals surface area (Å²) in [6.45, 7) is 0.768. The Morgan fingerprint density at radius 2 is 1.21 bits per heavy atom. The van der Waals surface area contributed by atoms with E-state index in [1.54, 1.807) is 0 Å². The van der Waals surface area contributed by atoms with Gasteiger partial charge >= 0.3 is 5.97 Å². The zero-order chi connectivity index (χ0) is 29.2. The first-order chi connectivity index (χ1) is 18.6. The Morgan fingerprint density at radius 3 is 1.72 bits per heavy atom. The highest BCUT2D eigenvalue weighted by Gasteiger charge is 2.30. The lowest BCUT2D eigenvalue weighted by atomic mass is 10.0. The van der Waals surface area contributed by atoms with Gasteiger partial charge in [-0.05, 0) is 70.0 Å². The van der Waals surface area contributed by atoms with Crippen molar-refractivity contribution in [2.75, 3.05) is 13.1 Å². The second-order valence-electron chi connectivity index (χ2n) is 9.39. The summed E-state index contributed by atoms with van der Waals surface area (Å²) in [5.74, 6) is -3.93. The summed E-state index contributed by atoms with van der Waals surface area (Å²) in [6.07, 6.45) is 2.43. The van der Waals surface area contributed by atoms with Gasteiger partial charge in [-0.3, -0.25) is 19.2 Å². The molecule has 0 bridgehead atoms. The third-order valence-corrected chi connectivity index (χ3v) is 6.09. The van der Waals surface area contributed by atoms with Crippen molar-refractivity contribution in [3.63, 3.8) is 0 Å². The molecular weight excluding hydrogens is 506 g/mol. The first kappa shape index (κ1) is 33.5. The Bertz CT molecular complexity index is 931. The molecule has 1 aromatic carbocycles. The molecule has 12 N–H and O–H groups in total. The normalized spacial score (nSPS) is 13.9. The number of aliphatic carboxylic acids is 1. The van der Waals surface area contributed by atoms with Gasteiger partial charge in [-0.15, -0.1) is 0 Å². The fraction of sp³-hybridized carbons (Fsp3) is 0.577. The summed E-state index contributed by atoms with van der Waals surface area (Å²) in [5, 5.41) is 17.1. The number of carbonyl (C=O) groups excluding carboxylic acids is 4. The van der Waals surface area contributed by atoms with Crippen LogP contribution in [-0.2, 0) is 30.4 Å². The van der Waals surface area contributed by atoms with Gasteiger partial charge in [0.2, 0.25) is 23.6 Å². The van der Waals surface area contributed by atoms with Crippen LogP contribution in [-0.4, -0.2) is 72.0 Å². The van der Waals surface area contributed by atoms with Gasteiger partial charge in [-0.1, -0.05) is 30.3 Å². The van der Waals surface area contributed by atoms with Crippen molar-refractivity contribution >= 4 is 29.6 Å². The summed E-state index contributed by atoms with van der Waals surface area (Å²) in [6, 6.07) is 4.76. The molecule has 0 fully saturated rings. The van der Waals surface area contributed by atoms with Gasteiger partial charge in [0.1, 0.15) is 18.1 Å². The summed E-state index contributed by atoms with van der Waals surface area (Å²) in [5.41, 5.74) is 23.2. The average Bonchev–Trinajstić information content (AvgIpc) is 2.90. The number of rotatable bonds is 20. The molecule has 0 aromatic heterocycles. The minimum absolute atomic E-state index is 0.145. The lowest BCUT2D eigenvalue weighted by molar-refractivity contribution is -0.142. The summed E-state index contributed by atoms with van der Waals surface area (Å²) in [7, 11) is 0. The van der Waals surface area contributed by atoms with Gasteiger partial charge in [0, 0.05) is 6.42 Å². The van der Waals surface area contributed by atoms with Gasteiger partial charge in [0.05, 0.1) is 6.04 Å². The Labute approximate surface area is 228 Å². The largest absolute Gasteiger partial charge is 0.480 e. The number of primary amides is 1. The Hall–Kier alpha value is -3.55. The van der Waals surface area contributed by atoms with E-state index in [-0.39, 0.29) is 32.1 Å². The fourth-order valence-corrected chi connectivity index (χ4v) is 3.85. The predicted octanol–water partition coefficient (Wildman–Crippen LogP) is -1.38. The molecule has 13 nitrogen and oxygen atoms in total. The van der Waals surface area contributed by atoms with E-state index in [1.165, 1.54) is 0 Å². The molecule has 0 saturated carbocycles. The number of carboxylic acid groups (broad SMARTS) is 1. The van der Waals surface area contributed by atoms with Crippen LogP contribution in [0.2, 0.25) is 0 Å². The van der Waals surface area contributed by atoms with Gasteiger partial charge in [0.15, 0.2) is 0 Å². The minimum Gasteiger partial charge on any atom is -0.480 e. The number of carboxylic acids is 1. The van der Waals surface area contributed by atoms with E-state index in [1.807, 2.05) is 30.3 Å². The van der Waals surface area contributed by atoms with Crippen molar-refractivity contribution in [1.29, 1.82) is 0 Å². The van der Waals surface area contributed by atoms with Crippen LogP contribution < -0.4 is 38.9 Å². The van der Waals surface area contributed by atoms with Gasteiger partial charge in [-0.25, -0.2) is 4.79 Å². The molecule has 0 aliphatic rings. The quantitative estimate of drug-likeness (QED) is 0.0891. The maximum absolute atomic E-state index is 13.2. The highest BCUT2D eigenvalue weighted by Crippen LogP contribution is 2.08. The van der Waals surface area contributed by atoms with Crippen molar-refractivity contribution in [2.45, 2.75) is 82.0 Å². The van der Waals surface area contributed by atoms with Crippen molar-refractivity contribution < 1.29 is 29.1 Å². The third kappa shape index (κ3) is 13.7. The first-order valence-corrected chi connectivity index (χ1v) is 13.2. The molecule has 1 rings (SSSR count). The van der Waals surface area contributed by atoms with E-state index < -0.39 is 53.8 Å². The molecular formula is C26H43N7O6. The van der Waals surface area contributed by atoms with E-state index in [0.29, 0.717) is 38.8 Å². The second kappa shape index (κ2) is 18.7. The van der Waals surface area contributed by atoms with Crippen molar-refractivity contribution in [2.24, 2.45) is 22.9 Å². The Balaban J connectivity index is 2.98. The number of nitrogens with one attached hydrogen (secondary N) is 3. The SMILES string of the molecule is NCCCCC(NC(=O)C(CCC(N)=O)NC(=O)C(CCCCN)NC(=O)C(N)Cc1ccccc1)C(=O)O. The number of carbonyl (C=O) groups is 5. The van der Waals surface area contributed by atoms with E-state index in [9.17, 15) is 29.1 Å². The Morgan fingerprint density at radius 1 is 0.718 bits per heavy atom. The fourth-order valence-electron chi connectivity index (χ4n) is 3.85. The van der Waals surface area contributed by atoms with Crippen LogP contribution in [0.1, 0.15) is 56.9 Å². The smallest absolute Gasteiger partial charge is 0.326 e. The zero-order valence-corrected chi connectivity index (χ0v) is 22.3. The molecule has 0 spiro atoms. The molecule has 4 amide bonds. The zero-order valence-electron chi connectivity index (χ0n) is 22.3. The second-order valence-corrected chi connectivity index (χ2v) is 9.39. The van der Waals surface area contributed by atoms with Crippen LogP contribution in [0, 0.1) is 0 Å². The number of unbranched alkanes of at least 4 members (excludes halogenated alkanes) is 2. The predicted molar refractivity (Wildman–Crippen MR) is 146 cm³/mol. The van der Waals surface area contributed by atoms with E-state index >= 15 is 0 Å².